The second-order valence-corrected chi connectivity index (χ2v) is 10.9. The van der Waals surface area contributed by atoms with Gasteiger partial charge in [0.1, 0.15) is 0 Å². The normalized spacial score (nSPS) is 19.7. The van der Waals surface area contributed by atoms with Gasteiger partial charge >= 0.3 is 15.5 Å². The van der Waals surface area contributed by atoms with Crippen LogP contribution < -0.4 is 0 Å². The van der Waals surface area contributed by atoms with E-state index >= 15 is 0 Å². The van der Waals surface area contributed by atoms with Gasteiger partial charge < -0.3 is 9.47 Å². The lowest BCUT2D eigenvalue weighted by molar-refractivity contribution is -0.219. The molecule has 1 atom stereocenters. The summed E-state index contributed by atoms with van der Waals surface area (Å²) in [6.07, 6.45) is 0.413. The van der Waals surface area contributed by atoms with E-state index in [-0.39, 0.29) is 13.2 Å². The summed E-state index contributed by atoms with van der Waals surface area (Å²) in [7, 11) is -11.0. The number of sulfonamides is 2. The number of ether oxygens (including phenoxy) is 2. The van der Waals surface area contributed by atoms with Crippen LogP contribution in [0.2, 0.25) is 0 Å². The van der Waals surface area contributed by atoms with Crippen LogP contribution in [0, 0.1) is 5.92 Å². The minimum absolute atomic E-state index is 0.111. The Morgan fingerprint density at radius 2 is 1.50 bits per heavy atom. The molecule has 0 radical (unpaired) electrons. The zero-order chi connectivity index (χ0) is 21.6. The molecular weight excluding hydrogens is 423 g/mol. The van der Waals surface area contributed by atoms with Gasteiger partial charge in [0.15, 0.2) is 5.79 Å². The Balaban J connectivity index is 2.67. The topological polar surface area (TPSA) is 90.0 Å². The summed E-state index contributed by atoms with van der Waals surface area (Å²) >= 11 is 0. The zero-order valence-corrected chi connectivity index (χ0v) is 17.4. The maximum absolute atomic E-state index is 13.2. The van der Waals surface area contributed by atoms with Gasteiger partial charge in [0, 0.05) is 11.5 Å². The molecule has 1 aliphatic heterocycles. The van der Waals surface area contributed by atoms with Crippen LogP contribution in [-0.2, 0) is 35.3 Å². The first-order chi connectivity index (χ1) is 12.6. The highest BCUT2D eigenvalue weighted by molar-refractivity contribution is 8.04. The predicted octanol–water partition coefficient (Wildman–Crippen LogP) is 2.41. The molecule has 0 aromatic heterocycles. The third-order valence-electron chi connectivity index (χ3n) is 4.80. The molecule has 12 heteroatoms. The van der Waals surface area contributed by atoms with Gasteiger partial charge in [-0.15, -0.1) is 0 Å². The number of alkyl halides is 3. The number of nitrogens with zero attached hydrogens (tertiary/aromatic N) is 1. The Hall–Kier alpha value is -1.21. The fourth-order valence-corrected chi connectivity index (χ4v) is 7.06. The highest BCUT2D eigenvalue weighted by atomic mass is 32.3. The molecule has 160 valence electrons. The lowest BCUT2D eigenvalue weighted by atomic mass is 9.80. The van der Waals surface area contributed by atoms with Crippen molar-refractivity contribution in [2.45, 2.75) is 37.6 Å². The molecule has 0 saturated carbocycles. The molecule has 1 aliphatic rings. The van der Waals surface area contributed by atoms with Gasteiger partial charge in [0.2, 0.25) is 10.0 Å². The quantitative estimate of drug-likeness (QED) is 0.668. The predicted molar refractivity (Wildman–Crippen MR) is 94.9 cm³/mol. The van der Waals surface area contributed by atoms with E-state index in [0.717, 1.165) is 13.8 Å². The molecule has 1 heterocycles. The smallest absolute Gasteiger partial charge is 0.343 e. The molecule has 7 nitrogen and oxygen atoms in total. The van der Waals surface area contributed by atoms with Crippen LogP contribution in [0.4, 0.5) is 13.2 Å². The first kappa shape index (κ1) is 23.1. The van der Waals surface area contributed by atoms with E-state index in [1.54, 1.807) is 30.3 Å². The largest absolute Gasteiger partial charge is 0.512 e. The van der Waals surface area contributed by atoms with Gasteiger partial charge in [-0.2, -0.15) is 13.2 Å². The maximum Gasteiger partial charge on any atom is 0.512 e. The summed E-state index contributed by atoms with van der Waals surface area (Å²) in [5.41, 5.74) is -7.45. The number of rotatable bonds is 6. The molecule has 0 spiro atoms. The maximum atomic E-state index is 13.2. The first-order valence-electron chi connectivity index (χ1n) is 8.24. The molecule has 0 amide bonds. The van der Waals surface area contributed by atoms with Crippen molar-refractivity contribution >= 4 is 20.0 Å². The van der Waals surface area contributed by atoms with Crippen LogP contribution in [0.1, 0.15) is 26.3 Å². The summed E-state index contributed by atoms with van der Waals surface area (Å²) in [6, 6.07) is 8.24. The van der Waals surface area contributed by atoms with E-state index in [1.807, 2.05) is 0 Å². The molecule has 1 fully saturated rings. The number of benzene rings is 1. The van der Waals surface area contributed by atoms with Crippen molar-refractivity contribution in [3.63, 3.8) is 0 Å². The molecule has 1 aromatic carbocycles. The Bertz CT molecular complexity index is 907. The molecule has 2 rings (SSSR count). The number of hydrogen-bond donors (Lipinski definition) is 0. The standard InChI is InChI=1S/C16H22F3NO6S2/c1-12(15(25-10-11-26-15)13-8-6-5-7-9-13)14(2,3)20(27(4,21)22)28(23,24)16(17,18)19/h5-9,12H,10-11H2,1-4H3. The molecular formula is C16H22F3NO6S2. The highest BCUT2D eigenvalue weighted by Crippen LogP contribution is 2.47. The summed E-state index contributed by atoms with van der Waals surface area (Å²) in [5, 5.41) is 0. The van der Waals surface area contributed by atoms with E-state index < -0.39 is 46.5 Å². The zero-order valence-electron chi connectivity index (χ0n) is 15.7. The second kappa shape index (κ2) is 7.24. The van der Waals surface area contributed by atoms with Crippen LogP contribution in [0.15, 0.2) is 30.3 Å². The van der Waals surface area contributed by atoms with Crippen LogP contribution in [0.5, 0.6) is 0 Å². The molecule has 1 saturated heterocycles. The number of hydrogen-bond acceptors (Lipinski definition) is 6. The minimum Gasteiger partial charge on any atom is -0.343 e. The Labute approximate surface area is 162 Å². The highest BCUT2D eigenvalue weighted by Gasteiger charge is 2.62. The van der Waals surface area contributed by atoms with Crippen molar-refractivity contribution < 1.29 is 39.5 Å². The van der Waals surface area contributed by atoms with Gasteiger partial charge in [0.05, 0.1) is 25.0 Å². The van der Waals surface area contributed by atoms with Gasteiger partial charge in [-0.05, 0) is 13.8 Å². The van der Waals surface area contributed by atoms with Crippen molar-refractivity contribution in [2.24, 2.45) is 5.92 Å². The number of halogens is 3. The van der Waals surface area contributed by atoms with E-state index in [0.29, 0.717) is 11.8 Å². The monoisotopic (exact) mass is 445 g/mol. The summed E-state index contributed by atoms with van der Waals surface area (Å²) in [4.78, 5) is 0. The minimum atomic E-state index is -6.20. The van der Waals surface area contributed by atoms with Crippen molar-refractivity contribution in [1.29, 1.82) is 0 Å². The van der Waals surface area contributed by atoms with E-state index in [2.05, 4.69) is 0 Å². The van der Waals surface area contributed by atoms with Crippen LogP contribution in [0.3, 0.4) is 0 Å². The van der Waals surface area contributed by atoms with Gasteiger partial charge in [-0.3, -0.25) is 0 Å². The molecule has 28 heavy (non-hydrogen) atoms. The fraction of sp³-hybridized carbons (Fsp3) is 0.625. The van der Waals surface area contributed by atoms with Gasteiger partial charge in [-0.25, -0.2) is 16.8 Å². The van der Waals surface area contributed by atoms with Crippen LogP contribution in [-0.4, -0.2) is 51.1 Å². The molecule has 0 N–H and O–H groups in total. The van der Waals surface area contributed by atoms with Gasteiger partial charge in [-0.1, -0.05) is 41.0 Å². The average Bonchev–Trinajstić information content (AvgIpc) is 3.02. The lowest BCUT2D eigenvalue weighted by Crippen LogP contribution is -2.61. The second-order valence-electron chi connectivity index (χ2n) is 7.02. The van der Waals surface area contributed by atoms with E-state index in [4.69, 9.17) is 9.47 Å². The summed E-state index contributed by atoms with van der Waals surface area (Å²) < 4.78 is 99.4. The van der Waals surface area contributed by atoms with E-state index in [9.17, 15) is 30.0 Å². The molecule has 0 aliphatic carbocycles. The average molecular weight is 445 g/mol. The Kier molecular flexibility index (Phi) is 5.97. The Morgan fingerprint density at radius 1 is 1.04 bits per heavy atom. The summed E-state index contributed by atoms with van der Waals surface area (Å²) in [5.74, 6) is -2.76. The molecule has 1 unspecified atom stereocenters. The molecule has 0 bridgehead atoms. The molecule has 1 aromatic rings. The fourth-order valence-electron chi connectivity index (χ4n) is 3.40. The lowest BCUT2D eigenvalue weighted by Gasteiger charge is -2.46. The van der Waals surface area contributed by atoms with Crippen molar-refractivity contribution in [3.05, 3.63) is 35.9 Å². The van der Waals surface area contributed by atoms with Crippen molar-refractivity contribution in [2.75, 3.05) is 19.5 Å². The Morgan fingerprint density at radius 3 is 1.89 bits per heavy atom. The SMILES string of the molecule is CC(C1(c2ccccc2)OCCO1)C(C)(C)N(S(C)(=O)=O)S(=O)(=O)C(F)(F)F. The van der Waals surface area contributed by atoms with Gasteiger partial charge in [0.25, 0.3) is 0 Å². The van der Waals surface area contributed by atoms with Crippen LogP contribution in [0.25, 0.3) is 0 Å². The van der Waals surface area contributed by atoms with Crippen molar-refractivity contribution in [1.82, 2.24) is 3.71 Å². The van der Waals surface area contributed by atoms with E-state index in [1.165, 1.54) is 6.92 Å². The first-order valence-corrected chi connectivity index (χ1v) is 11.5. The summed E-state index contributed by atoms with van der Waals surface area (Å²) in [6.45, 7) is 3.80. The van der Waals surface area contributed by atoms with Crippen LogP contribution >= 0.6 is 0 Å². The third kappa shape index (κ3) is 3.80. The van der Waals surface area contributed by atoms with Crippen molar-refractivity contribution in [3.8, 4) is 0 Å². The third-order valence-corrected chi connectivity index (χ3v) is 8.77.